The first kappa shape index (κ1) is 14.4. The molecule has 2 aromatic heterocycles. The van der Waals surface area contributed by atoms with Crippen LogP contribution in [0.5, 0.6) is 0 Å². The van der Waals surface area contributed by atoms with Crippen molar-refractivity contribution < 1.29 is 22.7 Å². The first-order chi connectivity index (χ1) is 9.09. The van der Waals surface area contributed by atoms with Gasteiger partial charge in [0.25, 0.3) is 0 Å². The van der Waals surface area contributed by atoms with E-state index >= 15 is 0 Å². The Labute approximate surface area is 113 Å². The minimum atomic E-state index is -4.64. The van der Waals surface area contributed by atoms with Crippen molar-refractivity contribution >= 4 is 17.0 Å². The van der Waals surface area contributed by atoms with Gasteiger partial charge in [-0.1, -0.05) is 0 Å². The maximum absolute atomic E-state index is 12.9. The summed E-state index contributed by atoms with van der Waals surface area (Å²) in [5.74, 6) is 0. The van der Waals surface area contributed by atoms with E-state index in [1.165, 1.54) is 18.3 Å². The van der Waals surface area contributed by atoms with Crippen molar-refractivity contribution in [1.82, 2.24) is 9.55 Å². The van der Waals surface area contributed by atoms with Crippen LogP contribution >= 0.6 is 0 Å². The highest BCUT2D eigenvalue weighted by atomic mass is 19.4. The molecule has 0 saturated carbocycles. The van der Waals surface area contributed by atoms with Gasteiger partial charge in [0.15, 0.2) is 5.69 Å². The van der Waals surface area contributed by atoms with Gasteiger partial charge in [0.2, 0.25) is 0 Å². The molecule has 0 saturated heterocycles. The van der Waals surface area contributed by atoms with Crippen molar-refractivity contribution in [3.8, 4) is 0 Å². The number of carbonyl (C=O) groups is 1. The second kappa shape index (κ2) is 4.50. The van der Waals surface area contributed by atoms with Gasteiger partial charge in [-0.2, -0.15) is 13.2 Å². The number of fused-ring (bicyclic) bond motifs is 1. The third kappa shape index (κ3) is 2.76. The van der Waals surface area contributed by atoms with Gasteiger partial charge >= 0.3 is 12.3 Å². The summed E-state index contributed by atoms with van der Waals surface area (Å²) in [5.41, 5.74) is -2.20. The fourth-order valence-electron chi connectivity index (χ4n) is 1.76. The van der Waals surface area contributed by atoms with Gasteiger partial charge < -0.3 is 4.74 Å². The molecule has 0 aliphatic heterocycles. The average Bonchev–Trinajstić information content (AvgIpc) is 2.68. The number of ether oxygens (including phenoxy) is 1. The number of hydrogen-bond donors (Lipinski definition) is 0. The molecule has 108 valence electrons. The molecule has 0 aromatic carbocycles. The topological polar surface area (TPSA) is 44.1 Å². The largest absolute Gasteiger partial charge is 0.443 e. The molecule has 20 heavy (non-hydrogen) atoms. The van der Waals surface area contributed by atoms with Gasteiger partial charge in [-0.3, -0.25) is 4.57 Å². The maximum atomic E-state index is 12.9. The summed E-state index contributed by atoms with van der Waals surface area (Å²) >= 11 is 0. The molecular weight excluding hydrogens is 273 g/mol. The number of alkyl halides is 3. The highest BCUT2D eigenvalue weighted by Gasteiger charge is 2.36. The van der Waals surface area contributed by atoms with Gasteiger partial charge in [0.05, 0.1) is 5.52 Å². The van der Waals surface area contributed by atoms with Crippen LogP contribution in [0.4, 0.5) is 18.0 Å². The van der Waals surface area contributed by atoms with Gasteiger partial charge in [0.1, 0.15) is 5.60 Å². The van der Waals surface area contributed by atoms with Crippen LogP contribution in [-0.2, 0) is 10.9 Å². The van der Waals surface area contributed by atoms with Crippen LogP contribution in [0.25, 0.3) is 10.9 Å². The molecule has 0 aliphatic carbocycles. The Hall–Kier alpha value is -2.05. The van der Waals surface area contributed by atoms with E-state index in [0.717, 1.165) is 10.8 Å². The molecule has 0 atom stereocenters. The van der Waals surface area contributed by atoms with Crippen molar-refractivity contribution in [2.24, 2.45) is 0 Å². The molecule has 0 radical (unpaired) electrons. The third-order valence-corrected chi connectivity index (χ3v) is 2.46. The molecule has 0 bridgehead atoms. The second-order valence-corrected chi connectivity index (χ2v) is 5.26. The van der Waals surface area contributed by atoms with Crippen LogP contribution in [0.15, 0.2) is 24.5 Å². The minimum Gasteiger partial charge on any atom is -0.443 e. The lowest BCUT2D eigenvalue weighted by atomic mass is 10.2. The van der Waals surface area contributed by atoms with Gasteiger partial charge in [-0.25, -0.2) is 9.78 Å². The molecule has 0 spiro atoms. The number of pyridine rings is 1. The zero-order valence-electron chi connectivity index (χ0n) is 11.2. The van der Waals surface area contributed by atoms with E-state index < -0.39 is 23.6 Å². The number of nitrogens with zero attached hydrogens (tertiary/aromatic N) is 2. The number of carbonyl (C=O) groups excluding carboxylic acids is 1. The van der Waals surface area contributed by atoms with Crippen molar-refractivity contribution in [1.29, 1.82) is 0 Å². The Morgan fingerprint density at radius 2 is 1.90 bits per heavy atom. The first-order valence-electron chi connectivity index (χ1n) is 5.86. The van der Waals surface area contributed by atoms with E-state index in [2.05, 4.69) is 4.98 Å². The number of rotatable bonds is 0. The highest BCUT2D eigenvalue weighted by Crippen LogP contribution is 2.33. The highest BCUT2D eigenvalue weighted by molar-refractivity contribution is 5.91. The number of halogens is 3. The van der Waals surface area contributed by atoms with Crippen molar-refractivity contribution in [3.05, 3.63) is 30.2 Å². The minimum absolute atomic E-state index is 0.276. The zero-order chi connectivity index (χ0) is 15.1. The summed E-state index contributed by atoms with van der Waals surface area (Å²) in [7, 11) is 0. The lowest BCUT2D eigenvalue weighted by molar-refractivity contribution is -0.140. The van der Waals surface area contributed by atoms with Gasteiger partial charge in [-0.15, -0.1) is 0 Å². The summed E-state index contributed by atoms with van der Waals surface area (Å²) in [6.07, 6.45) is -3.20. The molecule has 0 amide bonds. The summed E-state index contributed by atoms with van der Waals surface area (Å²) in [6, 6.07) is 2.82. The van der Waals surface area contributed by atoms with E-state index in [9.17, 15) is 18.0 Å². The van der Waals surface area contributed by atoms with Crippen LogP contribution in [0.3, 0.4) is 0 Å². The molecule has 0 aliphatic rings. The normalized spacial score (nSPS) is 12.7. The van der Waals surface area contributed by atoms with E-state index in [1.54, 1.807) is 20.8 Å². The van der Waals surface area contributed by atoms with Crippen molar-refractivity contribution in [2.45, 2.75) is 32.5 Å². The molecule has 0 fully saturated rings. The Balaban J connectivity index is 2.58. The fourth-order valence-corrected chi connectivity index (χ4v) is 1.76. The molecule has 4 nitrogen and oxygen atoms in total. The lowest BCUT2D eigenvalue weighted by Gasteiger charge is -2.20. The second-order valence-electron chi connectivity index (χ2n) is 5.26. The Morgan fingerprint density at radius 3 is 2.45 bits per heavy atom. The molecule has 0 unspecified atom stereocenters. The Morgan fingerprint density at radius 1 is 1.25 bits per heavy atom. The molecule has 2 rings (SSSR count). The van der Waals surface area contributed by atoms with E-state index in [0.29, 0.717) is 0 Å². The molecule has 2 aromatic rings. The number of aromatic nitrogens is 2. The molecule has 7 heteroatoms. The maximum Gasteiger partial charge on any atom is 0.435 e. The summed E-state index contributed by atoms with van der Waals surface area (Å²) in [6.45, 7) is 4.92. The smallest absolute Gasteiger partial charge is 0.435 e. The zero-order valence-corrected chi connectivity index (χ0v) is 11.2. The predicted octanol–water partition coefficient (Wildman–Crippen LogP) is 3.84. The summed E-state index contributed by atoms with van der Waals surface area (Å²) in [5, 5.41) is 0.276. The standard InChI is InChI=1S/C13H13F3N2O2/c1-12(2,3)20-11(19)18-7-5-8-4-6-17-10(9(8)18)13(14,15)16/h4-7H,1-3H3. The van der Waals surface area contributed by atoms with Crippen LogP contribution in [0, 0.1) is 0 Å². The van der Waals surface area contributed by atoms with Gasteiger partial charge in [-0.05, 0) is 32.9 Å². The molecule has 2 heterocycles. The third-order valence-electron chi connectivity index (χ3n) is 2.46. The summed E-state index contributed by atoms with van der Waals surface area (Å²) in [4.78, 5) is 15.3. The quantitative estimate of drug-likeness (QED) is 0.739. The van der Waals surface area contributed by atoms with Crippen molar-refractivity contribution in [2.75, 3.05) is 0 Å². The Kier molecular flexibility index (Phi) is 3.23. The SMILES string of the molecule is CC(C)(C)OC(=O)n1ccc2ccnc(C(F)(F)F)c21. The van der Waals surface area contributed by atoms with Crippen molar-refractivity contribution in [3.63, 3.8) is 0 Å². The van der Waals surface area contributed by atoms with Gasteiger partial charge in [0, 0.05) is 17.8 Å². The van der Waals surface area contributed by atoms with E-state index in [1.807, 2.05) is 0 Å². The predicted molar refractivity (Wildman–Crippen MR) is 66.4 cm³/mol. The molecule has 0 N–H and O–H groups in total. The first-order valence-corrected chi connectivity index (χ1v) is 5.86. The van der Waals surface area contributed by atoms with E-state index in [4.69, 9.17) is 4.74 Å². The van der Waals surface area contributed by atoms with Crippen LogP contribution in [0.1, 0.15) is 26.5 Å². The monoisotopic (exact) mass is 286 g/mol. The fraction of sp³-hybridized carbons (Fsp3) is 0.385. The van der Waals surface area contributed by atoms with E-state index in [-0.39, 0.29) is 10.9 Å². The summed E-state index contributed by atoms with van der Waals surface area (Å²) < 4.78 is 44.8. The average molecular weight is 286 g/mol. The Bertz CT molecular complexity index is 654. The van der Waals surface area contributed by atoms with Crippen LogP contribution in [0.2, 0.25) is 0 Å². The lowest BCUT2D eigenvalue weighted by Crippen LogP contribution is -2.27. The van der Waals surface area contributed by atoms with Crippen LogP contribution in [-0.4, -0.2) is 21.2 Å². The van der Waals surface area contributed by atoms with Crippen LogP contribution < -0.4 is 0 Å². The molecular formula is C13H13F3N2O2. The number of hydrogen-bond acceptors (Lipinski definition) is 3.